The number of carboxylic acids is 1. The van der Waals surface area contributed by atoms with E-state index < -0.39 is 16.8 Å². The van der Waals surface area contributed by atoms with Gasteiger partial charge in [0.1, 0.15) is 5.75 Å². The Morgan fingerprint density at radius 2 is 2.17 bits per heavy atom. The van der Waals surface area contributed by atoms with Crippen LogP contribution in [0.1, 0.15) is 13.3 Å². The Balaban J connectivity index is 3.26. The third kappa shape index (κ3) is 7.68. The van der Waals surface area contributed by atoms with Gasteiger partial charge in [-0.05, 0) is 6.42 Å². The SMILES string of the molecule is CCCOCCS(=O)CC(=O)O. The van der Waals surface area contributed by atoms with Gasteiger partial charge in [-0.2, -0.15) is 0 Å². The minimum absolute atomic E-state index is 0.282. The van der Waals surface area contributed by atoms with Gasteiger partial charge in [-0.15, -0.1) is 0 Å². The molecule has 0 saturated carbocycles. The molecule has 1 unspecified atom stereocenters. The van der Waals surface area contributed by atoms with Crippen LogP contribution in [0.25, 0.3) is 0 Å². The van der Waals surface area contributed by atoms with E-state index in [1.54, 1.807) is 0 Å². The van der Waals surface area contributed by atoms with Gasteiger partial charge in [0, 0.05) is 23.2 Å². The van der Waals surface area contributed by atoms with Crippen molar-refractivity contribution < 1.29 is 18.8 Å². The first kappa shape index (κ1) is 11.6. The molecule has 0 amide bonds. The van der Waals surface area contributed by atoms with E-state index in [9.17, 15) is 9.00 Å². The normalized spacial score (nSPS) is 12.8. The van der Waals surface area contributed by atoms with E-state index in [4.69, 9.17) is 9.84 Å². The minimum Gasteiger partial charge on any atom is -0.481 e. The van der Waals surface area contributed by atoms with Crippen molar-refractivity contribution in [2.75, 3.05) is 24.7 Å². The lowest BCUT2D eigenvalue weighted by Gasteiger charge is -2.00. The Bertz CT molecular complexity index is 157. The fourth-order valence-electron chi connectivity index (χ4n) is 0.608. The van der Waals surface area contributed by atoms with Crippen LogP contribution in [0.2, 0.25) is 0 Å². The van der Waals surface area contributed by atoms with Crippen LogP contribution in [0.3, 0.4) is 0 Å². The van der Waals surface area contributed by atoms with Crippen LogP contribution in [0.4, 0.5) is 0 Å². The first-order chi connectivity index (χ1) is 5.66. The largest absolute Gasteiger partial charge is 0.481 e. The van der Waals surface area contributed by atoms with E-state index in [1.165, 1.54) is 0 Å². The molecule has 0 aliphatic carbocycles. The molecule has 0 bridgehead atoms. The highest BCUT2D eigenvalue weighted by Gasteiger charge is 2.04. The summed E-state index contributed by atoms with van der Waals surface area (Å²) in [6.07, 6.45) is 0.922. The average molecular weight is 194 g/mol. The van der Waals surface area contributed by atoms with Gasteiger partial charge in [-0.25, -0.2) is 0 Å². The molecule has 0 saturated heterocycles. The zero-order valence-electron chi connectivity index (χ0n) is 7.12. The Labute approximate surface area is 74.4 Å². The molecule has 1 atom stereocenters. The number of rotatable bonds is 7. The molecule has 1 N–H and O–H groups in total. The van der Waals surface area contributed by atoms with Crippen LogP contribution in [0, 0.1) is 0 Å². The quantitative estimate of drug-likeness (QED) is 0.590. The molecule has 0 radical (unpaired) electrons. The van der Waals surface area contributed by atoms with Crippen LogP contribution in [0.15, 0.2) is 0 Å². The number of carbonyl (C=O) groups is 1. The molecule has 0 heterocycles. The first-order valence-corrected chi connectivity index (χ1v) is 5.30. The Hall–Kier alpha value is -0.420. The number of hydrogen-bond donors (Lipinski definition) is 1. The third-order valence-electron chi connectivity index (χ3n) is 1.09. The lowest BCUT2D eigenvalue weighted by Crippen LogP contribution is -2.15. The van der Waals surface area contributed by atoms with Gasteiger partial charge in [-0.1, -0.05) is 6.92 Å². The first-order valence-electron chi connectivity index (χ1n) is 3.81. The summed E-state index contributed by atoms with van der Waals surface area (Å²) in [5.74, 6) is -0.995. The Morgan fingerprint density at radius 1 is 1.50 bits per heavy atom. The van der Waals surface area contributed by atoms with E-state index in [0.717, 1.165) is 6.42 Å². The van der Waals surface area contributed by atoms with Crippen molar-refractivity contribution in [3.8, 4) is 0 Å². The highest BCUT2D eigenvalue weighted by Crippen LogP contribution is 1.85. The van der Waals surface area contributed by atoms with Crippen LogP contribution in [0.5, 0.6) is 0 Å². The van der Waals surface area contributed by atoms with Gasteiger partial charge in [0.05, 0.1) is 6.61 Å². The molecule has 0 spiro atoms. The van der Waals surface area contributed by atoms with Crippen LogP contribution >= 0.6 is 0 Å². The second-order valence-electron chi connectivity index (χ2n) is 2.29. The highest BCUT2D eigenvalue weighted by atomic mass is 32.2. The molecular weight excluding hydrogens is 180 g/mol. The summed E-state index contributed by atoms with van der Waals surface area (Å²) < 4.78 is 15.9. The summed E-state index contributed by atoms with van der Waals surface area (Å²) in [5.41, 5.74) is 0. The Morgan fingerprint density at radius 3 is 2.67 bits per heavy atom. The number of ether oxygens (including phenoxy) is 1. The van der Waals surface area contributed by atoms with Crippen molar-refractivity contribution in [1.29, 1.82) is 0 Å². The maximum Gasteiger partial charge on any atom is 0.316 e. The molecule has 0 rings (SSSR count). The van der Waals surface area contributed by atoms with Gasteiger partial charge in [0.25, 0.3) is 0 Å². The predicted octanol–water partition coefficient (Wildman–Crippen LogP) is 0.246. The summed E-state index contributed by atoms with van der Waals surface area (Å²) in [7, 11) is -1.28. The zero-order chi connectivity index (χ0) is 9.40. The molecule has 0 aromatic heterocycles. The van der Waals surface area contributed by atoms with E-state index in [0.29, 0.717) is 19.0 Å². The van der Waals surface area contributed by atoms with Crippen molar-refractivity contribution in [3.05, 3.63) is 0 Å². The van der Waals surface area contributed by atoms with Crippen molar-refractivity contribution >= 4 is 16.8 Å². The molecular formula is C7H14O4S. The van der Waals surface area contributed by atoms with Gasteiger partial charge in [0.2, 0.25) is 0 Å². The number of hydrogen-bond acceptors (Lipinski definition) is 3. The van der Waals surface area contributed by atoms with Crippen molar-refractivity contribution in [1.82, 2.24) is 0 Å². The summed E-state index contributed by atoms with van der Waals surface area (Å²) >= 11 is 0. The lowest BCUT2D eigenvalue weighted by molar-refractivity contribution is -0.133. The molecule has 12 heavy (non-hydrogen) atoms. The van der Waals surface area contributed by atoms with Gasteiger partial charge in [-0.3, -0.25) is 9.00 Å². The maximum absolute atomic E-state index is 10.9. The monoisotopic (exact) mass is 194 g/mol. The molecule has 72 valence electrons. The van der Waals surface area contributed by atoms with E-state index in [1.807, 2.05) is 6.92 Å². The van der Waals surface area contributed by atoms with Crippen molar-refractivity contribution in [3.63, 3.8) is 0 Å². The van der Waals surface area contributed by atoms with Gasteiger partial charge >= 0.3 is 5.97 Å². The highest BCUT2D eigenvalue weighted by molar-refractivity contribution is 7.85. The molecule has 4 nitrogen and oxygen atoms in total. The summed E-state index contributed by atoms with van der Waals surface area (Å²) in [4.78, 5) is 10.1. The van der Waals surface area contributed by atoms with Gasteiger partial charge < -0.3 is 9.84 Å². The van der Waals surface area contributed by atoms with Crippen molar-refractivity contribution in [2.45, 2.75) is 13.3 Å². The number of aliphatic carboxylic acids is 1. The molecule has 0 fully saturated rings. The second kappa shape index (κ2) is 7.24. The average Bonchev–Trinajstić information content (AvgIpc) is 1.97. The lowest BCUT2D eigenvalue weighted by atomic mass is 10.5. The van der Waals surface area contributed by atoms with Gasteiger partial charge in [0.15, 0.2) is 0 Å². The minimum atomic E-state index is -1.28. The summed E-state index contributed by atoms with van der Waals surface area (Å²) in [5, 5.41) is 8.25. The second-order valence-corrected chi connectivity index (χ2v) is 3.87. The molecule has 0 aromatic rings. The smallest absolute Gasteiger partial charge is 0.316 e. The topological polar surface area (TPSA) is 63.6 Å². The number of carboxylic acid groups (broad SMARTS) is 1. The summed E-state index contributed by atoms with van der Waals surface area (Å²) in [6, 6.07) is 0. The molecule has 0 aliphatic heterocycles. The molecule has 0 aliphatic rings. The van der Waals surface area contributed by atoms with Crippen LogP contribution < -0.4 is 0 Å². The summed E-state index contributed by atoms with van der Waals surface area (Å²) in [6.45, 7) is 3.01. The van der Waals surface area contributed by atoms with E-state index in [2.05, 4.69) is 0 Å². The Kier molecular flexibility index (Phi) is 6.99. The predicted molar refractivity (Wildman–Crippen MR) is 46.6 cm³/mol. The maximum atomic E-state index is 10.9. The third-order valence-corrected chi connectivity index (χ3v) is 2.28. The zero-order valence-corrected chi connectivity index (χ0v) is 7.93. The van der Waals surface area contributed by atoms with E-state index in [-0.39, 0.29) is 5.75 Å². The molecule has 0 aromatic carbocycles. The fourth-order valence-corrected chi connectivity index (χ4v) is 1.33. The van der Waals surface area contributed by atoms with Crippen LogP contribution in [-0.2, 0) is 20.3 Å². The van der Waals surface area contributed by atoms with Crippen molar-refractivity contribution in [2.24, 2.45) is 0 Å². The van der Waals surface area contributed by atoms with Crippen LogP contribution in [-0.4, -0.2) is 40.0 Å². The van der Waals surface area contributed by atoms with E-state index >= 15 is 0 Å². The molecule has 5 heteroatoms. The standard InChI is InChI=1S/C7H14O4S/c1-2-3-11-4-5-12(10)6-7(8)9/h2-6H2,1H3,(H,8,9). The fraction of sp³-hybridized carbons (Fsp3) is 0.857.